The summed E-state index contributed by atoms with van der Waals surface area (Å²) in [6.45, 7) is 0. The van der Waals surface area contributed by atoms with E-state index < -0.39 is 46.7 Å². The molecule has 0 saturated carbocycles. The second-order valence-corrected chi connectivity index (χ2v) is 3.76. The summed E-state index contributed by atoms with van der Waals surface area (Å²) < 4.78 is 32.8. The van der Waals surface area contributed by atoms with Crippen molar-refractivity contribution in [2.75, 3.05) is 0 Å². The fraction of sp³-hybridized carbons (Fsp3) is 0.500. The van der Waals surface area contributed by atoms with Crippen LogP contribution in [0.3, 0.4) is 0 Å². The molecule has 0 radical (unpaired) electrons. The molecular formula is C6H9NaO11S. The van der Waals surface area contributed by atoms with Crippen LogP contribution in [0.4, 0.5) is 0 Å². The first kappa shape index (κ1) is 23.3. The van der Waals surface area contributed by atoms with E-state index in [4.69, 9.17) is 37.9 Å². The largest absolute Gasteiger partial charge is 1.00 e. The van der Waals surface area contributed by atoms with Crippen LogP contribution in [0.25, 0.3) is 0 Å². The predicted molar refractivity (Wildman–Crippen MR) is 49.4 cm³/mol. The minimum absolute atomic E-state index is 0. The Morgan fingerprint density at radius 3 is 1.32 bits per heavy atom. The molecule has 0 bridgehead atoms. The summed E-state index contributed by atoms with van der Waals surface area (Å²) in [6, 6.07) is 0. The Bertz CT molecular complexity index is 402. The zero-order chi connectivity index (χ0) is 15.1. The first-order valence-electron chi connectivity index (χ1n) is 3.85. The van der Waals surface area contributed by atoms with Gasteiger partial charge in [0.25, 0.3) is 0 Å². The van der Waals surface area contributed by atoms with E-state index in [1.54, 1.807) is 0 Å². The van der Waals surface area contributed by atoms with Crippen molar-refractivity contribution in [2.45, 2.75) is 18.4 Å². The van der Waals surface area contributed by atoms with Gasteiger partial charge in [0.1, 0.15) is 0 Å². The summed E-state index contributed by atoms with van der Waals surface area (Å²) >= 11 is 0. The Balaban J connectivity index is -0.000000366. The standard InChI is InChI=1S/C6H8O7.Na.H2O4S/c7-3(8)1-6(13,5(11)12)2-4(9)10;;1-5(2,3)4/h13H,1-2H2,(H,7,8)(H,9,10)(H,11,12);;(H2,1,2,3,4)/q;+1;/p-1. The molecule has 0 aliphatic heterocycles. The van der Waals surface area contributed by atoms with E-state index in [0.717, 1.165) is 0 Å². The molecule has 13 heteroatoms. The summed E-state index contributed by atoms with van der Waals surface area (Å²) in [4.78, 5) is 30.5. The average Bonchev–Trinajstić information content (AvgIpc) is 1.95. The average molecular weight is 312 g/mol. The van der Waals surface area contributed by atoms with Crippen molar-refractivity contribution in [2.24, 2.45) is 0 Å². The number of carboxylic acid groups (broad SMARTS) is 3. The predicted octanol–water partition coefficient (Wildman–Crippen LogP) is -5.24. The van der Waals surface area contributed by atoms with Crippen molar-refractivity contribution in [3.05, 3.63) is 0 Å². The van der Waals surface area contributed by atoms with Crippen LogP contribution in [0.1, 0.15) is 12.8 Å². The number of carbonyl (C=O) groups is 3. The summed E-state index contributed by atoms with van der Waals surface area (Å²) in [7, 11) is -4.92. The smallest absolute Gasteiger partial charge is 0.726 e. The van der Waals surface area contributed by atoms with Crippen molar-refractivity contribution in [1.29, 1.82) is 0 Å². The number of carboxylic acids is 3. The van der Waals surface area contributed by atoms with Crippen molar-refractivity contribution < 1.29 is 81.9 Å². The first-order chi connectivity index (χ1) is 7.78. The molecule has 0 spiro atoms. The summed E-state index contributed by atoms with van der Waals surface area (Å²) in [5, 5.41) is 33.8. The fourth-order valence-electron chi connectivity index (χ4n) is 0.714. The molecule has 0 aromatic carbocycles. The van der Waals surface area contributed by atoms with E-state index in [2.05, 4.69) is 0 Å². The molecule has 0 saturated heterocycles. The van der Waals surface area contributed by atoms with Gasteiger partial charge in [0.2, 0.25) is 10.4 Å². The molecule has 0 atom stereocenters. The van der Waals surface area contributed by atoms with Gasteiger partial charge in [0.15, 0.2) is 5.60 Å². The third-order valence-electron chi connectivity index (χ3n) is 1.29. The van der Waals surface area contributed by atoms with Gasteiger partial charge in [-0.1, -0.05) is 0 Å². The second kappa shape index (κ2) is 9.19. The van der Waals surface area contributed by atoms with Crippen LogP contribution in [0, 0.1) is 0 Å². The van der Waals surface area contributed by atoms with Crippen LogP contribution in [0.15, 0.2) is 0 Å². The molecular weight excluding hydrogens is 303 g/mol. The van der Waals surface area contributed by atoms with Crippen LogP contribution >= 0.6 is 0 Å². The SMILES string of the molecule is O=C(O)CC(O)(CC(=O)O)C(=O)O.O=S(=O)([O-])O.[Na+]. The third kappa shape index (κ3) is 17.2. The topological polar surface area (TPSA) is 210 Å². The van der Waals surface area contributed by atoms with Crippen molar-refractivity contribution in [3.8, 4) is 0 Å². The zero-order valence-electron chi connectivity index (χ0n) is 9.51. The van der Waals surface area contributed by atoms with Crippen LogP contribution < -0.4 is 29.6 Å². The van der Waals surface area contributed by atoms with Crippen LogP contribution in [-0.2, 0) is 24.8 Å². The number of rotatable bonds is 5. The van der Waals surface area contributed by atoms with E-state index in [0.29, 0.717) is 0 Å². The van der Waals surface area contributed by atoms with Gasteiger partial charge in [-0.25, -0.2) is 13.2 Å². The first-order valence-corrected chi connectivity index (χ1v) is 5.22. The number of hydrogen-bond acceptors (Lipinski definition) is 7. The van der Waals surface area contributed by atoms with E-state index in [9.17, 15) is 14.4 Å². The molecule has 0 fully saturated rings. The minimum Gasteiger partial charge on any atom is -0.726 e. The van der Waals surface area contributed by atoms with E-state index >= 15 is 0 Å². The molecule has 0 aromatic rings. The van der Waals surface area contributed by atoms with Crippen molar-refractivity contribution >= 4 is 28.3 Å². The fourth-order valence-corrected chi connectivity index (χ4v) is 0.714. The van der Waals surface area contributed by atoms with E-state index in [1.165, 1.54) is 0 Å². The summed E-state index contributed by atoms with van der Waals surface area (Å²) in [5.41, 5.74) is -2.74. The maximum Gasteiger partial charge on any atom is 1.00 e. The van der Waals surface area contributed by atoms with Gasteiger partial charge in [-0.05, 0) is 0 Å². The maximum absolute atomic E-state index is 10.3. The Kier molecular flexibility index (Phi) is 11.3. The van der Waals surface area contributed by atoms with Gasteiger partial charge < -0.3 is 25.0 Å². The van der Waals surface area contributed by atoms with Gasteiger partial charge >= 0.3 is 47.5 Å². The molecule has 0 aliphatic carbocycles. The second-order valence-electron chi connectivity index (χ2n) is 2.91. The van der Waals surface area contributed by atoms with Crippen LogP contribution in [0.2, 0.25) is 0 Å². The van der Waals surface area contributed by atoms with E-state index in [1.807, 2.05) is 0 Å². The maximum atomic E-state index is 10.3. The summed E-state index contributed by atoms with van der Waals surface area (Å²) in [6.07, 6.45) is -2.29. The number of hydrogen-bond donors (Lipinski definition) is 5. The normalized spacial score (nSPS) is 10.5. The Morgan fingerprint density at radius 1 is 1.00 bits per heavy atom. The number of aliphatic hydroxyl groups is 1. The quantitative estimate of drug-likeness (QED) is 0.184. The molecule has 11 nitrogen and oxygen atoms in total. The van der Waals surface area contributed by atoms with Crippen molar-refractivity contribution in [1.82, 2.24) is 0 Å². The van der Waals surface area contributed by atoms with Gasteiger partial charge in [-0.15, -0.1) is 0 Å². The third-order valence-corrected chi connectivity index (χ3v) is 1.29. The molecule has 5 N–H and O–H groups in total. The van der Waals surface area contributed by atoms with Gasteiger partial charge in [-0.2, -0.15) is 0 Å². The van der Waals surface area contributed by atoms with Gasteiger partial charge in [0, 0.05) is 0 Å². The molecule has 0 rings (SSSR count). The number of aliphatic carboxylic acids is 3. The Morgan fingerprint density at radius 2 is 1.21 bits per heavy atom. The molecule has 19 heavy (non-hydrogen) atoms. The van der Waals surface area contributed by atoms with Crippen molar-refractivity contribution in [3.63, 3.8) is 0 Å². The zero-order valence-corrected chi connectivity index (χ0v) is 12.3. The Hall–Kier alpha value is -0.760. The molecule has 0 amide bonds. The molecule has 0 aromatic heterocycles. The van der Waals surface area contributed by atoms with E-state index in [-0.39, 0.29) is 29.6 Å². The van der Waals surface area contributed by atoms with Crippen LogP contribution in [0.5, 0.6) is 0 Å². The summed E-state index contributed by atoms with van der Waals surface area (Å²) in [5.74, 6) is -5.02. The van der Waals surface area contributed by atoms with Crippen LogP contribution in [-0.4, -0.2) is 61.5 Å². The minimum atomic E-state index is -4.92. The van der Waals surface area contributed by atoms with Gasteiger partial charge in [0.05, 0.1) is 12.8 Å². The molecule has 0 aliphatic rings. The monoisotopic (exact) mass is 312 g/mol. The molecule has 0 heterocycles. The molecule has 0 unspecified atom stereocenters. The molecule has 106 valence electrons. The van der Waals surface area contributed by atoms with Gasteiger partial charge in [-0.3, -0.25) is 14.1 Å². The Labute approximate surface area is 128 Å².